The van der Waals surface area contributed by atoms with Gasteiger partial charge in [-0.25, -0.2) is 0 Å². The molecular formula is C21H21NO4. The minimum Gasteiger partial charge on any atom is -0.461 e. The largest absolute Gasteiger partial charge is 0.461 e. The number of rotatable bonds is 4. The maximum Gasteiger partial charge on any atom is 0.321 e. The van der Waals surface area contributed by atoms with Gasteiger partial charge in [0, 0.05) is 12.1 Å². The van der Waals surface area contributed by atoms with Crippen LogP contribution in [-0.2, 0) is 14.3 Å². The number of carbonyl (C=O) groups excluding carboxylic acids is 3. The Morgan fingerprint density at radius 1 is 1.23 bits per heavy atom. The second kappa shape index (κ2) is 7.12. The van der Waals surface area contributed by atoms with Crippen molar-refractivity contribution >= 4 is 28.6 Å². The van der Waals surface area contributed by atoms with E-state index in [1.165, 1.54) is 11.0 Å². The Kier molecular flexibility index (Phi) is 4.89. The number of nitrogens with zero attached hydrogens (tertiary/aromatic N) is 1. The summed E-state index contributed by atoms with van der Waals surface area (Å²) in [5.41, 5.74) is -0.887. The number of benzene rings is 2. The zero-order valence-electron chi connectivity index (χ0n) is 14.7. The molecule has 134 valence electrons. The second-order valence-corrected chi connectivity index (χ2v) is 6.61. The highest BCUT2D eigenvalue weighted by Gasteiger charge is 2.49. The molecule has 2 aromatic rings. The molecule has 5 nitrogen and oxygen atoms in total. The van der Waals surface area contributed by atoms with Crippen molar-refractivity contribution in [2.75, 3.05) is 13.2 Å². The van der Waals surface area contributed by atoms with Gasteiger partial charge in [0.25, 0.3) is 5.91 Å². The zero-order chi connectivity index (χ0) is 18.7. The average molecular weight is 351 g/mol. The van der Waals surface area contributed by atoms with E-state index in [0.717, 1.165) is 10.8 Å². The van der Waals surface area contributed by atoms with Crippen LogP contribution in [0.1, 0.15) is 30.1 Å². The lowest BCUT2D eigenvalue weighted by atomic mass is 9.80. The molecule has 2 aromatic carbocycles. The van der Waals surface area contributed by atoms with Crippen LogP contribution in [0.25, 0.3) is 10.8 Å². The number of carbonyl (C=O) groups is 3. The smallest absolute Gasteiger partial charge is 0.321 e. The van der Waals surface area contributed by atoms with Crippen molar-refractivity contribution in [1.82, 2.24) is 4.90 Å². The summed E-state index contributed by atoms with van der Waals surface area (Å²) in [6.07, 6.45) is 2.37. The molecule has 1 heterocycles. The molecule has 1 fully saturated rings. The first-order valence-electron chi connectivity index (χ1n) is 8.61. The maximum absolute atomic E-state index is 13.1. The quantitative estimate of drug-likeness (QED) is 0.367. The summed E-state index contributed by atoms with van der Waals surface area (Å²) in [4.78, 5) is 39.6. The number of amides is 2. The van der Waals surface area contributed by atoms with E-state index in [9.17, 15) is 14.4 Å². The molecule has 3 rings (SSSR count). The van der Waals surface area contributed by atoms with Gasteiger partial charge in [-0.05, 0) is 36.6 Å². The molecule has 26 heavy (non-hydrogen) atoms. The van der Waals surface area contributed by atoms with Crippen LogP contribution in [0.15, 0.2) is 55.1 Å². The van der Waals surface area contributed by atoms with Crippen molar-refractivity contribution in [3.63, 3.8) is 0 Å². The molecule has 0 aromatic heterocycles. The second-order valence-electron chi connectivity index (χ2n) is 6.61. The Hall–Kier alpha value is -2.95. The van der Waals surface area contributed by atoms with Crippen molar-refractivity contribution in [2.45, 2.75) is 19.8 Å². The highest BCUT2D eigenvalue weighted by atomic mass is 16.5. The van der Waals surface area contributed by atoms with Crippen LogP contribution in [0.2, 0.25) is 0 Å². The highest BCUT2D eigenvalue weighted by molar-refractivity contribution is 6.16. The fraction of sp³-hybridized carbons (Fsp3) is 0.286. The lowest BCUT2D eigenvalue weighted by Crippen LogP contribution is -2.53. The molecule has 0 saturated carbocycles. The minimum atomic E-state index is -1.35. The first kappa shape index (κ1) is 17.9. The van der Waals surface area contributed by atoms with Gasteiger partial charge in [-0.2, -0.15) is 0 Å². The molecule has 0 radical (unpaired) electrons. The van der Waals surface area contributed by atoms with Crippen molar-refractivity contribution in [3.05, 3.63) is 60.7 Å². The fourth-order valence-electron chi connectivity index (χ4n) is 3.33. The predicted molar refractivity (Wildman–Crippen MR) is 98.5 cm³/mol. The minimum absolute atomic E-state index is 0.0406. The first-order chi connectivity index (χ1) is 12.5. The topological polar surface area (TPSA) is 63.7 Å². The van der Waals surface area contributed by atoms with Crippen molar-refractivity contribution in [2.24, 2.45) is 5.41 Å². The van der Waals surface area contributed by atoms with Crippen LogP contribution in [-0.4, -0.2) is 35.8 Å². The van der Waals surface area contributed by atoms with Gasteiger partial charge in [0.05, 0.1) is 0 Å². The molecule has 5 heteroatoms. The standard InChI is InChI=1S/C21H21NO4/c1-3-14-26-20(25)21(2)12-7-13-22(19(21)24)18(23)17-11-6-9-15-8-4-5-10-16(15)17/h3-6,8-11H,1,7,12-14H2,2H3. The van der Waals surface area contributed by atoms with Crippen LogP contribution in [0.4, 0.5) is 0 Å². The van der Waals surface area contributed by atoms with Gasteiger partial charge in [0.2, 0.25) is 5.91 Å². The van der Waals surface area contributed by atoms with Gasteiger partial charge in [0.15, 0.2) is 0 Å². The number of ether oxygens (including phenoxy) is 1. The lowest BCUT2D eigenvalue weighted by Gasteiger charge is -2.36. The van der Waals surface area contributed by atoms with Gasteiger partial charge in [0.1, 0.15) is 12.0 Å². The van der Waals surface area contributed by atoms with E-state index in [2.05, 4.69) is 6.58 Å². The van der Waals surface area contributed by atoms with E-state index >= 15 is 0 Å². The monoisotopic (exact) mass is 351 g/mol. The SMILES string of the molecule is C=CCOC(=O)C1(C)CCCN(C(=O)c2cccc3ccccc23)C1=O. The summed E-state index contributed by atoms with van der Waals surface area (Å²) in [7, 11) is 0. The third kappa shape index (κ3) is 3.01. The number of hydrogen-bond acceptors (Lipinski definition) is 4. The molecule has 1 aliphatic heterocycles. The number of hydrogen-bond donors (Lipinski definition) is 0. The van der Waals surface area contributed by atoms with E-state index in [1.54, 1.807) is 19.1 Å². The van der Waals surface area contributed by atoms with Gasteiger partial charge < -0.3 is 4.74 Å². The van der Waals surface area contributed by atoms with Crippen LogP contribution in [0, 0.1) is 5.41 Å². The third-order valence-electron chi connectivity index (χ3n) is 4.82. The summed E-state index contributed by atoms with van der Waals surface area (Å²) in [5.74, 6) is -1.50. The average Bonchev–Trinajstić information content (AvgIpc) is 2.67. The molecule has 0 aliphatic carbocycles. The Labute approximate surface area is 152 Å². The molecule has 0 N–H and O–H groups in total. The summed E-state index contributed by atoms with van der Waals surface area (Å²) < 4.78 is 5.09. The van der Waals surface area contributed by atoms with Crippen LogP contribution in [0.5, 0.6) is 0 Å². The van der Waals surface area contributed by atoms with Gasteiger partial charge in [-0.15, -0.1) is 0 Å². The van der Waals surface area contributed by atoms with Crippen molar-refractivity contribution < 1.29 is 19.1 Å². The normalized spacial score (nSPS) is 20.0. The molecule has 1 atom stereocenters. The molecular weight excluding hydrogens is 330 g/mol. The number of imide groups is 1. The van der Waals surface area contributed by atoms with Crippen molar-refractivity contribution in [1.29, 1.82) is 0 Å². The summed E-state index contributed by atoms with van der Waals surface area (Å²) in [6.45, 7) is 5.39. The predicted octanol–water partition coefficient (Wildman–Crippen LogP) is 3.34. The Balaban J connectivity index is 1.93. The molecule has 0 bridgehead atoms. The molecule has 1 aliphatic rings. The number of fused-ring (bicyclic) bond motifs is 1. The van der Waals surface area contributed by atoms with E-state index in [-0.39, 0.29) is 12.5 Å². The maximum atomic E-state index is 13.1. The Bertz CT molecular complexity index is 883. The van der Waals surface area contributed by atoms with Crippen LogP contribution in [0.3, 0.4) is 0 Å². The third-order valence-corrected chi connectivity index (χ3v) is 4.82. The van der Waals surface area contributed by atoms with Gasteiger partial charge >= 0.3 is 5.97 Å². The Morgan fingerprint density at radius 3 is 2.73 bits per heavy atom. The van der Waals surface area contributed by atoms with Crippen LogP contribution >= 0.6 is 0 Å². The van der Waals surface area contributed by atoms with Gasteiger partial charge in [-0.1, -0.05) is 49.1 Å². The number of esters is 1. The number of likely N-dealkylation sites (tertiary alicyclic amines) is 1. The number of piperidine rings is 1. The molecule has 2 amide bonds. The van der Waals surface area contributed by atoms with E-state index in [4.69, 9.17) is 4.74 Å². The van der Waals surface area contributed by atoms with Crippen LogP contribution < -0.4 is 0 Å². The van der Waals surface area contributed by atoms with E-state index < -0.39 is 17.3 Å². The zero-order valence-corrected chi connectivity index (χ0v) is 14.7. The van der Waals surface area contributed by atoms with Crippen molar-refractivity contribution in [3.8, 4) is 0 Å². The van der Waals surface area contributed by atoms with E-state index in [1.807, 2.05) is 30.3 Å². The molecule has 1 saturated heterocycles. The molecule has 0 spiro atoms. The Morgan fingerprint density at radius 2 is 1.96 bits per heavy atom. The van der Waals surface area contributed by atoms with Gasteiger partial charge in [-0.3, -0.25) is 19.3 Å². The first-order valence-corrected chi connectivity index (χ1v) is 8.61. The fourth-order valence-corrected chi connectivity index (χ4v) is 3.33. The lowest BCUT2D eigenvalue weighted by molar-refractivity contribution is -0.165. The summed E-state index contributed by atoms with van der Waals surface area (Å²) >= 11 is 0. The summed E-state index contributed by atoms with van der Waals surface area (Å²) in [5, 5.41) is 1.71. The summed E-state index contributed by atoms with van der Waals surface area (Å²) in [6, 6.07) is 12.9. The molecule has 1 unspecified atom stereocenters. The van der Waals surface area contributed by atoms with E-state index in [0.29, 0.717) is 24.9 Å². The highest BCUT2D eigenvalue weighted by Crippen LogP contribution is 2.33.